The van der Waals surface area contributed by atoms with Crippen LogP contribution in [0.5, 0.6) is 0 Å². The van der Waals surface area contributed by atoms with E-state index in [0.29, 0.717) is 17.6 Å². The van der Waals surface area contributed by atoms with E-state index in [1.54, 1.807) is 31.2 Å². The molecule has 9 heteroatoms. The number of ether oxygens (including phenoxy) is 2. The molecule has 0 aliphatic carbocycles. The molecule has 9 nitrogen and oxygen atoms in total. The second-order valence-corrected chi connectivity index (χ2v) is 5.24. The Bertz CT molecular complexity index is 897. The van der Waals surface area contributed by atoms with Gasteiger partial charge in [-0.25, -0.2) is 24.6 Å². The lowest BCUT2D eigenvalue weighted by Crippen LogP contribution is -2.53. The van der Waals surface area contributed by atoms with Crippen LogP contribution in [0, 0.1) is 0 Å². The van der Waals surface area contributed by atoms with E-state index in [1.807, 2.05) is 0 Å². The van der Waals surface area contributed by atoms with Gasteiger partial charge in [0.1, 0.15) is 5.69 Å². The normalized spacial score (nSPS) is 19.2. The highest BCUT2D eigenvalue weighted by Crippen LogP contribution is 2.36. The van der Waals surface area contributed by atoms with Gasteiger partial charge in [0.25, 0.3) is 5.60 Å². The van der Waals surface area contributed by atoms with E-state index in [0.717, 1.165) is 14.2 Å². The second-order valence-electron chi connectivity index (χ2n) is 5.24. The van der Waals surface area contributed by atoms with Gasteiger partial charge in [-0.05, 0) is 19.1 Å². The number of hydrazone groups is 1. The zero-order valence-corrected chi connectivity index (χ0v) is 13.9. The summed E-state index contributed by atoms with van der Waals surface area (Å²) < 4.78 is 9.35. The third-order valence-electron chi connectivity index (χ3n) is 3.86. The Morgan fingerprint density at radius 1 is 1.16 bits per heavy atom. The predicted molar refractivity (Wildman–Crippen MR) is 87.9 cm³/mol. The summed E-state index contributed by atoms with van der Waals surface area (Å²) in [6, 6.07) is 6.96. The number of nitrogens with zero attached hydrogens (tertiary/aromatic N) is 4. The lowest BCUT2D eigenvalue weighted by atomic mass is 9.91. The van der Waals surface area contributed by atoms with Crippen LogP contribution < -0.4 is 5.01 Å². The average molecular weight is 344 g/mol. The molecule has 0 fully saturated rings. The van der Waals surface area contributed by atoms with Gasteiger partial charge in [-0.2, -0.15) is 5.10 Å². The molecule has 1 aliphatic heterocycles. The van der Waals surface area contributed by atoms with E-state index >= 15 is 0 Å². The third kappa shape index (κ3) is 2.40. The number of esters is 2. The van der Waals surface area contributed by atoms with Crippen molar-refractivity contribution in [3.05, 3.63) is 30.0 Å². The summed E-state index contributed by atoms with van der Waals surface area (Å²) >= 11 is 0. The van der Waals surface area contributed by atoms with Gasteiger partial charge in [-0.15, -0.1) is 0 Å². The quantitative estimate of drug-likeness (QED) is 0.794. The predicted octanol–water partition coefficient (Wildman–Crippen LogP) is 0.359. The molecule has 0 bridgehead atoms. The van der Waals surface area contributed by atoms with Gasteiger partial charge in [0.15, 0.2) is 11.5 Å². The van der Waals surface area contributed by atoms with Crippen molar-refractivity contribution < 1.29 is 24.2 Å². The van der Waals surface area contributed by atoms with Gasteiger partial charge in [-0.1, -0.05) is 12.1 Å². The van der Waals surface area contributed by atoms with Gasteiger partial charge in [0, 0.05) is 6.54 Å². The molecule has 1 N–H and O–H groups in total. The van der Waals surface area contributed by atoms with Crippen molar-refractivity contribution in [1.29, 1.82) is 0 Å². The Hall–Kier alpha value is -3.07. The SMILES string of the molecule is CCN1N=C(C(=O)OC)C(O)(C(=O)OC)c2nc3ccccc3nc21. The molecule has 0 amide bonds. The van der Waals surface area contributed by atoms with Crippen LogP contribution in [0.3, 0.4) is 0 Å². The lowest BCUT2D eigenvalue weighted by Gasteiger charge is -2.33. The van der Waals surface area contributed by atoms with Crippen molar-refractivity contribution in [2.75, 3.05) is 25.8 Å². The molecule has 1 aliphatic rings. The molecule has 0 radical (unpaired) electrons. The largest absolute Gasteiger partial charge is 0.466 e. The van der Waals surface area contributed by atoms with Gasteiger partial charge in [0.2, 0.25) is 0 Å². The van der Waals surface area contributed by atoms with Crippen LogP contribution >= 0.6 is 0 Å². The molecule has 0 spiro atoms. The number of anilines is 1. The summed E-state index contributed by atoms with van der Waals surface area (Å²) in [4.78, 5) is 33.3. The Balaban J connectivity index is 2.36. The van der Waals surface area contributed by atoms with Crippen LogP contribution in [0.2, 0.25) is 0 Å². The van der Waals surface area contributed by atoms with E-state index in [1.165, 1.54) is 5.01 Å². The van der Waals surface area contributed by atoms with Gasteiger partial charge in [-0.3, -0.25) is 0 Å². The molecule has 1 aromatic heterocycles. The average Bonchev–Trinajstić information content (AvgIpc) is 2.65. The van der Waals surface area contributed by atoms with Crippen LogP contribution in [-0.2, 0) is 24.7 Å². The molecule has 1 aromatic carbocycles. The molecule has 0 saturated heterocycles. The fourth-order valence-electron chi connectivity index (χ4n) is 2.61. The van der Waals surface area contributed by atoms with Crippen LogP contribution in [-0.4, -0.2) is 53.5 Å². The number of carbonyl (C=O) groups excluding carboxylic acids is 2. The second kappa shape index (κ2) is 6.10. The number of benzene rings is 1. The Morgan fingerprint density at radius 2 is 1.80 bits per heavy atom. The van der Waals surface area contributed by atoms with Crippen molar-refractivity contribution in [1.82, 2.24) is 9.97 Å². The van der Waals surface area contributed by atoms with Crippen molar-refractivity contribution in [2.24, 2.45) is 5.10 Å². The first kappa shape index (κ1) is 16.8. The molecular formula is C16H16N4O5. The summed E-state index contributed by atoms with van der Waals surface area (Å²) in [5.41, 5.74) is -2.16. The summed E-state index contributed by atoms with van der Waals surface area (Å²) in [6.07, 6.45) is 0. The number of rotatable bonds is 3. The Morgan fingerprint density at radius 3 is 2.36 bits per heavy atom. The maximum absolute atomic E-state index is 12.4. The minimum absolute atomic E-state index is 0.129. The maximum atomic E-state index is 12.4. The fraction of sp³-hybridized carbons (Fsp3) is 0.312. The van der Waals surface area contributed by atoms with Crippen molar-refractivity contribution in [3.63, 3.8) is 0 Å². The number of methoxy groups -OCH3 is 2. The summed E-state index contributed by atoms with van der Waals surface area (Å²) in [7, 11) is 2.22. The fourth-order valence-corrected chi connectivity index (χ4v) is 2.61. The summed E-state index contributed by atoms with van der Waals surface area (Å²) in [5.74, 6) is -1.90. The van der Waals surface area contributed by atoms with Crippen LogP contribution in [0.1, 0.15) is 12.6 Å². The Kier molecular flexibility index (Phi) is 4.09. The highest BCUT2D eigenvalue weighted by atomic mass is 16.5. The first-order valence-electron chi connectivity index (χ1n) is 7.50. The lowest BCUT2D eigenvalue weighted by molar-refractivity contribution is -0.158. The highest BCUT2D eigenvalue weighted by Gasteiger charge is 2.55. The van der Waals surface area contributed by atoms with Gasteiger partial charge >= 0.3 is 11.9 Å². The molecule has 130 valence electrons. The third-order valence-corrected chi connectivity index (χ3v) is 3.86. The molecule has 25 heavy (non-hydrogen) atoms. The monoisotopic (exact) mass is 344 g/mol. The standard InChI is InChI=1S/C16H16N4O5/c1-4-20-13-11(17-9-7-5-6-8-10(9)18-13)16(23,15(22)25-3)12(19-20)14(21)24-2/h5-8,23H,4H2,1-3H3. The number of aliphatic hydroxyl groups is 1. The number of aromatic nitrogens is 2. The van der Waals surface area contributed by atoms with Crippen molar-refractivity contribution >= 4 is 34.5 Å². The minimum atomic E-state index is -2.51. The number of carbonyl (C=O) groups is 2. The minimum Gasteiger partial charge on any atom is -0.466 e. The first-order chi connectivity index (χ1) is 12.0. The molecule has 3 rings (SSSR count). The van der Waals surface area contributed by atoms with Gasteiger partial charge in [0.05, 0.1) is 25.3 Å². The number of fused-ring (bicyclic) bond motifs is 2. The van der Waals surface area contributed by atoms with Crippen LogP contribution in [0.4, 0.5) is 5.82 Å². The topological polar surface area (TPSA) is 114 Å². The van der Waals surface area contributed by atoms with Crippen LogP contribution in [0.25, 0.3) is 11.0 Å². The highest BCUT2D eigenvalue weighted by molar-refractivity contribution is 6.44. The zero-order valence-electron chi connectivity index (χ0n) is 13.9. The number of para-hydroxylation sites is 2. The van der Waals surface area contributed by atoms with E-state index in [4.69, 9.17) is 4.74 Å². The summed E-state index contributed by atoms with van der Waals surface area (Å²) in [5, 5.41) is 16.5. The van der Waals surface area contributed by atoms with Crippen molar-refractivity contribution in [2.45, 2.75) is 12.5 Å². The summed E-state index contributed by atoms with van der Waals surface area (Å²) in [6.45, 7) is 2.11. The molecule has 1 atom stereocenters. The van der Waals surface area contributed by atoms with E-state index in [9.17, 15) is 14.7 Å². The maximum Gasteiger partial charge on any atom is 0.358 e. The van der Waals surface area contributed by atoms with Crippen LogP contribution in [0.15, 0.2) is 29.4 Å². The number of hydrogen-bond acceptors (Lipinski definition) is 9. The van der Waals surface area contributed by atoms with E-state index in [-0.39, 0.29) is 11.5 Å². The first-order valence-corrected chi connectivity index (χ1v) is 7.50. The van der Waals surface area contributed by atoms with E-state index in [2.05, 4.69) is 19.8 Å². The molecule has 0 saturated carbocycles. The smallest absolute Gasteiger partial charge is 0.358 e. The molecule has 2 aromatic rings. The molecule has 1 unspecified atom stereocenters. The molecular weight excluding hydrogens is 328 g/mol. The zero-order chi connectivity index (χ0) is 18.2. The van der Waals surface area contributed by atoms with Gasteiger partial charge < -0.3 is 14.6 Å². The molecule has 2 heterocycles. The van der Waals surface area contributed by atoms with Crippen molar-refractivity contribution in [3.8, 4) is 0 Å². The Labute approximate surface area is 142 Å². The number of hydrogen-bond donors (Lipinski definition) is 1. The van der Waals surface area contributed by atoms with E-state index < -0.39 is 23.3 Å².